The van der Waals surface area contributed by atoms with Gasteiger partial charge in [0.25, 0.3) is 0 Å². The highest BCUT2D eigenvalue weighted by Gasteiger charge is 2.19. The lowest BCUT2D eigenvalue weighted by molar-refractivity contribution is -0.166. The van der Waals surface area contributed by atoms with Gasteiger partial charge in [-0.05, 0) is 109 Å². The van der Waals surface area contributed by atoms with E-state index in [9.17, 15) is 14.4 Å². The topological polar surface area (TPSA) is 78.9 Å². The van der Waals surface area contributed by atoms with Crippen molar-refractivity contribution in [1.82, 2.24) is 0 Å². The van der Waals surface area contributed by atoms with Gasteiger partial charge in [0.2, 0.25) is 0 Å². The number of unbranched alkanes of at least 4 members (excludes halogenated alkanes) is 18. The molecule has 0 aromatic heterocycles. The summed E-state index contributed by atoms with van der Waals surface area (Å²) in [5, 5.41) is 0. The summed E-state index contributed by atoms with van der Waals surface area (Å²) >= 11 is 0. The third kappa shape index (κ3) is 60.0. The first-order valence-electron chi connectivity index (χ1n) is 30.3. The highest BCUT2D eigenvalue weighted by atomic mass is 16.6. The summed E-state index contributed by atoms with van der Waals surface area (Å²) in [5.41, 5.74) is 0. The van der Waals surface area contributed by atoms with Gasteiger partial charge in [0.05, 0.1) is 0 Å². The SMILES string of the molecule is CC/C=C\C/C=C\C/C=C\C/C=C\C/C=C\C/C=C\C/C=C\C/C=C\CCCCCCCCCCC(=O)OCC(COC(=O)CCCCCCCCCCCCC)OC(=O)CC/C=C\C/C=C\C/C=C\C/C=C\CC. The Labute approximate surface area is 461 Å². The minimum atomic E-state index is -0.822. The molecule has 0 heterocycles. The van der Waals surface area contributed by atoms with Crippen LogP contribution in [0.1, 0.15) is 252 Å². The lowest BCUT2D eigenvalue weighted by Crippen LogP contribution is -2.30. The fraction of sp³-hybridized carbons (Fsp3) is 0.609. The van der Waals surface area contributed by atoms with E-state index >= 15 is 0 Å². The molecule has 6 heteroatoms. The standard InChI is InChI=1S/C69H110O6/c1-4-7-10-13-16-19-22-24-25-26-27-28-29-30-31-32-33-34-35-36-37-38-39-40-41-42-43-45-47-50-53-56-59-62-68(71)74-65-66(64-73-67(70)61-58-55-52-49-46-21-18-15-12-9-6-3)75-69(72)63-60-57-54-51-48-44-23-20-17-14-11-8-5-2/h7-8,10-11,16-17,19-20,24-25,27-28,30-31,33-34,36-37,39-40,44,48,54,57,66H,4-6,9,12-15,18,21-23,26,29,32,35,38,41-43,45-47,49-53,55-56,58-65H2,1-3H3/b10-7-,11-8-,19-16-,20-17-,25-24-,28-27-,31-30-,34-33-,37-36-,40-39-,48-44-,57-54-. The molecule has 75 heavy (non-hydrogen) atoms. The summed E-state index contributed by atoms with van der Waals surface area (Å²) < 4.78 is 16.7. The third-order valence-electron chi connectivity index (χ3n) is 12.4. The lowest BCUT2D eigenvalue weighted by atomic mass is 10.1. The van der Waals surface area contributed by atoms with E-state index in [4.69, 9.17) is 14.2 Å². The van der Waals surface area contributed by atoms with Crippen molar-refractivity contribution >= 4 is 17.9 Å². The second-order valence-corrected chi connectivity index (χ2v) is 19.5. The van der Waals surface area contributed by atoms with Crippen LogP contribution < -0.4 is 0 Å². The molecule has 0 aromatic carbocycles. The summed E-state index contributed by atoms with van der Waals surface area (Å²) in [6.07, 6.45) is 88.7. The molecule has 0 rings (SSSR count). The molecule has 0 bridgehead atoms. The number of esters is 3. The van der Waals surface area contributed by atoms with Gasteiger partial charge in [0.15, 0.2) is 6.10 Å². The van der Waals surface area contributed by atoms with Crippen LogP contribution >= 0.6 is 0 Å². The molecule has 0 aliphatic heterocycles. The molecule has 0 N–H and O–H groups in total. The maximum absolute atomic E-state index is 12.8. The Morgan fingerprint density at radius 3 is 0.867 bits per heavy atom. The Kier molecular flexibility index (Phi) is 58.0. The lowest BCUT2D eigenvalue weighted by Gasteiger charge is -2.18. The van der Waals surface area contributed by atoms with Gasteiger partial charge in [0, 0.05) is 19.3 Å². The van der Waals surface area contributed by atoms with Crippen LogP contribution in [0.25, 0.3) is 0 Å². The van der Waals surface area contributed by atoms with Crippen LogP contribution in [0.4, 0.5) is 0 Å². The molecule has 0 aliphatic carbocycles. The van der Waals surface area contributed by atoms with Gasteiger partial charge in [-0.2, -0.15) is 0 Å². The van der Waals surface area contributed by atoms with E-state index in [1.54, 1.807) is 0 Å². The number of carbonyl (C=O) groups is 3. The van der Waals surface area contributed by atoms with E-state index in [-0.39, 0.29) is 31.6 Å². The summed E-state index contributed by atoms with van der Waals surface area (Å²) in [6, 6.07) is 0. The monoisotopic (exact) mass is 1030 g/mol. The van der Waals surface area contributed by atoms with Crippen LogP contribution in [-0.4, -0.2) is 37.2 Å². The molecule has 0 aromatic rings. The number of ether oxygens (including phenoxy) is 3. The quantitative estimate of drug-likeness (QED) is 0.0261. The third-order valence-corrected chi connectivity index (χ3v) is 12.4. The fourth-order valence-corrected chi connectivity index (χ4v) is 7.88. The van der Waals surface area contributed by atoms with Crippen LogP contribution in [0.15, 0.2) is 146 Å². The molecule has 0 saturated carbocycles. The molecule has 0 radical (unpaired) electrons. The van der Waals surface area contributed by atoms with Crippen LogP contribution in [0.2, 0.25) is 0 Å². The molecule has 422 valence electrons. The number of allylic oxidation sites excluding steroid dienone is 24. The zero-order valence-electron chi connectivity index (χ0n) is 48.3. The zero-order chi connectivity index (χ0) is 54.3. The van der Waals surface area contributed by atoms with Gasteiger partial charge in [-0.15, -0.1) is 0 Å². The van der Waals surface area contributed by atoms with Crippen LogP contribution in [0, 0.1) is 0 Å². The second-order valence-electron chi connectivity index (χ2n) is 19.5. The maximum Gasteiger partial charge on any atom is 0.306 e. The van der Waals surface area contributed by atoms with E-state index in [0.717, 1.165) is 122 Å². The molecule has 1 atom stereocenters. The predicted octanol–water partition coefficient (Wildman–Crippen LogP) is 20.8. The minimum Gasteiger partial charge on any atom is -0.462 e. The van der Waals surface area contributed by atoms with E-state index in [2.05, 4.69) is 154 Å². The molecule has 0 fully saturated rings. The van der Waals surface area contributed by atoms with Crippen LogP contribution in [0.3, 0.4) is 0 Å². The smallest absolute Gasteiger partial charge is 0.306 e. The van der Waals surface area contributed by atoms with Gasteiger partial charge in [-0.1, -0.05) is 269 Å². The average molecular weight is 1040 g/mol. The summed E-state index contributed by atoms with van der Waals surface area (Å²) in [4.78, 5) is 38.0. The summed E-state index contributed by atoms with van der Waals surface area (Å²) in [7, 11) is 0. The van der Waals surface area contributed by atoms with Crippen molar-refractivity contribution < 1.29 is 28.6 Å². The number of carbonyl (C=O) groups excluding carboxylic acids is 3. The van der Waals surface area contributed by atoms with Crippen molar-refractivity contribution in [2.24, 2.45) is 0 Å². The Bertz CT molecular complexity index is 1660. The largest absolute Gasteiger partial charge is 0.462 e. The highest BCUT2D eigenvalue weighted by Crippen LogP contribution is 2.14. The van der Waals surface area contributed by atoms with Gasteiger partial charge in [-0.3, -0.25) is 14.4 Å². The Morgan fingerprint density at radius 1 is 0.280 bits per heavy atom. The molecule has 0 saturated heterocycles. The van der Waals surface area contributed by atoms with E-state index < -0.39 is 12.1 Å². The first-order valence-corrected chi connectivity index (χ1v) is 30.3. The molecule has 0 spiro atoms. The van der Waals surface area contributed by atoms with Crippen molar-refractivity contribution in [3.8, 4) is 0 Å². The van der Waals surface area contributed by atoms with E-state index in [1.165, 1.54) is 83.5 Å². The molecular formula is C69H110O6. The van der Waals surface area contributed by atoms with Gasteiger partial charge in [-0.25, -0.2) is 0 Å². The first kappa shape index (κ1) is 70.3. The number of hydrogen-bond acceptors (Lipinski definition) is 6. The average Bonchev–Trinajstić information content (AvgIpc) is 3.41. The van der Waals surface area contributed by atoms with Gasteiger partial charge >= 0.3 is 17.9 Å². The Morgan fingerprint density at radius 2 is 0.547 bits per heavy atom. The Balaban J connectivity index is 4.26. The van der Waals surface area contributed by atoms with Crippen molar-refractivity contribution in [1.29, 1.82) is 0 Å². The predicted molar refractivity (Wildman–Crippen MR) is 325 cm³/mol. The summed E-state index contributed by atoms with van der Waals surface area (Å²) in [5.74, 6) is -1.01. The van der Waals surface area contributed by atoms with E-state index in [0.29, 0.717) is 19.3 Å². The molecule has 0 aliphatic rings. The first-order chi connectivity index (χ1) is 37.0. The summed E-state index contributed by atoms with van der Waals surface area (Å²) in [6.45, 7) is 6.32. The number of hydrogen-bond donors (Lipinski definition) is 0. The number of rotatable bonds is 53. The van der Waals surface area contributed by atoms with Crippen LogP contribution in [0.5, 0.6) is 0 Å². The van der Waals surface area contributed by atoms with E-state index in [1.807, 2.05) is 12.2 Å². The molecular weight excluding hydrogens is 925 g/mol. The van der Waals surface area contributed by atoms with Gasteiger partial charge in [0.1, 0.15) is 13.2 Å². The van der Waals surface area contributed by atoms with Crippen molar-refractivity contribution in [2.45, 2.75) is 258 Å². The van der Waals surface area contributed by atoms with Gasteiger partial charge < -0.3 is 14.2 Å². The normalized spacial score (nSPS) is 13.2. The fourth-order valence-electron chi connectivity index (χ4n) is 7.88. The van der Waals surface area contributed by atoms with Crippen LogP contribution in [-0.2, 0) is 28.6 Å². The highest BCUT2D eigenvalue weighted by molar-refractivity contribution is 5.71. The Hall–Kier alpha value is -4.71. The van der Waals surface area contributed by atoms with Crippen molar-refractivity contribution in [2.75, 3.05) is 13.2 Å². The molecule has 6 nitrogen and oxygen atoms in total. The van der Waals surface area contributed by atoms with Crippen molar-refractivity contribution in [3.05, 3.63) is 146 Å². The minimum absolute atomic E-state index is 0.111. The zero-order valence-corrected chi connectivity index (χ0v) is 48.3. The maximum atomic E-state index is 12.8. The molecule has 0 amide bonds. The molecule has 1 unspecified atom stereocenters. The second kappa shape index (κ2) is 61.8. The van der Waals surface area contributed by atoms with Crippen molar-refractivity contribution in [3.63, 3.8) is 0 Å².